The third-order valence-corrected chi connectivity index (χ3v) is 4.30. The van der Waals surface area contributed by atoms with E-state index in [-0.39, 0.29) is 17.0 Å². The Balaban J connectivity index is 1.92. The molecule has 5 N–H and O–H groups in total. The molecule has 0 aliphatic rings. The fourth-order valence-corrected chi connectivity index (χ4v) is 2.60. The largest absolute Gasteiger partial charge is 0.340 e. The molecule has 0 atom stereocenters. The quantitative estimate of drug-likeness (QED) is 0.516. The van der Waals surface area contributed by atoms with E-state index >= 15 is 0 Å². The molecule has 141 valence electrons. The van der Waals surface area contributed by atoms with Gasteiger partial charge in [-0.15, -0.1) is 0 Å². The average molecular weight is 389 g/mol. The van der Waals surface area contributed by atoms with Gasteiger partial charge in [-0.2, -0.15) is 0 Å². The SMILES string of the molecule is NS(=O)(=O)c1ccc(CNC(=O)Nc2cccc(C(=O)N[CH]C=O)c2)cc1. The lowest BCUT2D eigenvalue weighted by atomic mass is 10.2. The minimum absolute atomic E-state index is 0.0161. The van der Waals surface area contributed by atoms with E-state index in [0.717, 1.165) is 6.54 Å². The van der Waals surface area contributed by atoms with Gasteiger partial charge in [0.25, 0.3) is 5.91 Å². The van der Waals surface area contributed by atoms with Crippen LogP contribution < -0.4 is 21.1 Å². The number of urea groups is 1. The van der Waals surface area contributed by atoms with Crippen LogP contribution in [0.2, 0.25) is 0 Å². The molecule has 0 spiro atoms. The summed E-state index contributed by atoms with van der Waals surface area (Å²) in [5.74, 6) is -0.485. The van der Waals surface area contributed by atoms with Crippen molar-refractivity contribution in [3.63, 3.8) is 0 Å². The molecule has 0 heterocycles. The lowest BCUT2D eigenvalue weighted by molar-refractivity contribution is -0.105. The third kappa shape index (κ3) is 6.20. The fourth-order valence-electron chi connectivity index (χ4n) is 2.09. The Bertz CT molecular complexity index is 942. The summed E-state index contributed by atoms with van der Waals surface area (Å²) in [5.41, 5.74) is 1.33. The maximum atomic E-state index is 12.0. The van der Waals surface area contributed by atoms with E-state index in [1.165, 1.54) is 36.4 Å². The van der Waals surface area contributed by atoms with Gasteiger partial charge in [0.1, 0.15) is 12.8 Å². The molecule has 0 aromatic heterocycles. The molecule has 0 aliphatic carbocycles. The van der Waals surface area contributed by atoms with Gasteiger partial charge < -0.3 is 20.7 Å². The first-order valence-corrected chi connectivity index (χ1v) is 9.19. The van der Waals surface area contributed by atoms with Crippen molar-refractivity contribution in [2.24, 2.45) is 5.14 Å². The predicted molar refractivity (Wildman–Crippen MR) is 97.9 cm³/mol. The molecule has 9 nitrogen and oxygen atoms in total. The minimum Gasteiger partial charge on any atom is -0.340 e. The lowest BCUT2D eigenvalue weighted by Crippen LogP contribution is -2.28. The van der Waals surface area contributed by atoms with Crippen LogP contribution in [0, 0.1) is 6.54 Å². The number of anilines is 1. The zero-order valence-electron chi connectivity index (χ0n) is 14.0. The number of sulfonamides is 1. The standard InChI is InChI=1S/C17H17N4O5S/c18-27(25,26)15-6-4-12(5-7-15)11-20-17(24)21-14-3-1-2-13(10-14)16(23)19-8-9-22/h1-10H,11H2,(H,19,23)(H2,18,25,26)(H2,20,21,24). The van der Waals surface area contributed by atoms with E-state index in [2.05, 4.69) is 16.0 Å². The molecule has 0 saturated carbocycles. The highest BCUT2D eigenvalue weighted by Gasteiger charge is 2.09. The van der Waals surface area contributed by atoms with Crippen molar-refractivity contribution in [3.8, 4) is 0 Å². The fraction of sp³-hybridized carbons (Fsp3) is 0.0588. The summed E-state index contributed by atoms with van der Waals surface area (Å²) in [6.07, 6.45) is 0.447. The van der Waals surface area contributed by atoms with Crippen LogP contribution in [0.15, 0.2) is 53.4 Å². The van der Waals surface area contributed by atoms with Crippen molar-refractivity contribution in [3.05, 3.63) is 66.2 Å². The molecule has 0 aliphatic heterocycles. The molecule has 0 fully saturated rings. The summed E-state index contributed by atoms with van der Waals surface area (Å²) >= 11 is 0. The molecular weight excluding hydrogens is 372 g/mol. The Kier molecular flexibility index (Phi) is 6.63. The maximum absolute atomic E-state index is 12.0. The van der Waals surface area contributed by atoms with Crippen molar-refractivity contribution in [1.29, 1.82) is 0 Å². The van der Waals surface area contributed by atoms with Gasteiger partial charge in [-0.05, 0) is 35.9 Å². The van der Waals surface area contributed by atoms with Crippen molar-refractivity contribution >= 4 is 33.9 Å². The van der Waals surface area contributed by atoms with E-state index in [1.54, 1.807) is 12.1 Å². The number of aldehydes is 1. The van der Waals surface area contributed by atoms with Gasteiger partial charge in [0.05, 0.1) is 4.90 Å². The highest BCUT2D eigenvalue weighted by molar-refractivity contribution is 7.89. The Morgan fingerprint density at radius 3 is 2.41 bits per heavy atom. The molecule has 10 heteroatoms. The number of benzene rings is 2. The molecule has 1 radical (unpaired) electrons. The van der Waals surface area contributed by atoms with Gasteiger partial charge in [0, 0.05) is 17.8 Å². The van der Waals surface area contributed by atoms with Crippen LogP contribution in [0.25, 0.3) is 0 Å². The minimum atomic E-state index is -3.76. The van der Waals surface area contributed by atoms with Gasteiger partial charge in [-0.1, -0.05) is 18.2 Å². The van der Waals surface area contributed by atoms with Gasteiger partial charge in [-0.25, -0.2) is 18.4 Å². The van der Waals surface area contributed by atoms with Crippen molar-refractivity contribution < 1.29 is 22.8 Å². The predicted octanol–water partition coefficient (Wildman–Crippen LogP) is 0.746. The van der Waals surface area contributed by atoms with E-state index in [9.17, 15) is 22.8 Å². The second-order valence-electron chi connectivity index (χ2n) is 5.35. The first-order valence-electron chi connectivity index (χ1n) is 7.64. The van der Waals surface area contributed by atoms with Crippen LogP contribution in [0.3, 0.4) is 0 Å². The van der Waals surface area contributed by atoms with E-state index < -0.39 is 22.0 Å². The summed E-state index contributed by atoms with van der Waals surface area (Å²) in [5, 5.41) is 12.5. The van der Waals surface area contributed by atoms with Crippen molar-refractivity contribution in [2.45, 2.75) is 11.4 Å². The number of nitrogens with one attached hydrogen (secondary N) is 3. The molecule has 0 saturated heterocycles. The second-order valence-corrected chi connectivity index (χ2v) is 6.92. The third-order valence-electron chi connectivity index (χ3n) is 3.37. The smallest absolute Gasteiger partial charge is 0.319 e. The Labute approximate surface area is 156 Å². The normalized spacial score (nSPS) is 10.7. The lowest BCUT2D eigenvalue weighted by Gasteiger charge is -2.09. The molecule has 0 bridgehead atoms. The van der Waals surface area contributed by atoms with Crippen molar-refractivity contribution in [2.75, 3.05) is 5.32 Å². The zero-order chi connectivity index (χ0) is 19.9. The maximum Gasteiger partial charge on any atom is 0.319 e. The summed E-state index contributed by atoms with van der Waals surface area (Å²) in [6, 6.07) is 11.4. The molecule has 3 amide bonds. The van der Waals surface area contributed by atoms with E-state index in [1.807, 2.05) is 0 Å². The van der Waals surface area contributed by atoms with Gasteiger partial charge in [0.15, 0.2) is 0 Å². The molecule has 2 aromatic carbocycles. The van der Waals surface area contributed by atoms with Crippen LogP contribution in [0.4, 0.5) is 10.5 Å². The Hall–Kier alpha value is -3.24. The molecule has 2 rings (SSSR count). The van der Waals surface area contributed by atoms with Crippen LogP contribution >= 0.6 is 0 Å². The highest BCUT2D eigenvalue weighted by Crippen LogP contribution is 2.11. The first kappa shape index (κ1) is 20.1. The zero-order valence-corrected chi connectivity index (χ0v) is 14.8. The number of hydrogen-bond donors (Lipinski definition) is 4. The molecular formula is C17H17N4O5S. The summed E-state index contributed by atoms with van der Waals surface area (Å²) in [6.45, 7) is 1.13. The summed E-state index contributed by atoms with van der Waals surface area (Å²) in [4.78, 5) is 34.0. The summed E-state index contributed by atoms with van der Waals surface area (Å²) < 4.78 is 22.4. The first-order chi connectivity index (χ1) is 12.8. The van der Waals surface area contributed by atoms with Crippen LogP contribution in [-0.2, 0) is 21.4 Å². The highest BCUT2D eigenvalue weighted by atomic mass is 32.2. The number of amides is 3. The number of carbonyl (C=O) groups excluding carboxylic acids is 3. The van der Waals surface area contributed by atoms with Gasteiger partial charge in [-0.3, -0.25) is 4.79 Å². The topological polar surface area (TPSA) is 147 Å². The Morgan fingerprint density at radius 1 is 1.07 bits per heavy atom. The second kappa shape index (κ2) is 8.92. The van der Waals surface area contributed by atoms with Crippen LogP contribution in [0.1, 0.15) is 15.9 Å². The number of primary sulfonamides is 1. The van der Waals surface area contributed by atoms with Crippen molar-refractivity contribution in [1.82, 2.24) is 10.6 Å². The molecule has 27 heavy (non-hydrogen) atoms. The van der Waals surface area contributed by atoms with Crippen LogP contribution in [0.5, 0.6) is 0 Å². The number of hydrogen-bond acceptors (Lipinski definition) is 5. The van der Waals surface area contributed by atoms with Crippen LogP contribution in [-0.4, -0.2) is 26.6 Å². The molecule has 0 unspecified atom stereocenters. The number of carbonyl (C=O) groups is 3. The number of nitrogens with two attached hydrogens (primary N) is 1. The van der Waals surface area contributed by atoms with E-state index in [0.29, 0.717) is 17.5 Å². The molecule has 2 aromatic rings. The monoisotopic (exact) mass is 389 g/mol. The van der Waals surface area contributed by atoms with Gasteiger partial charge in [0.2, 0.25) is 10.0 Å². The number of rotatable bonds is 7. The Morgan fingerprint density at radius 2 is 1.78 bits per heavy atom. The van der Waals surface area contributed by atoms with Gasteiger partial charge >= 0.3 is 6.03 Å². The summed E-state index contributed by atoms with van der Waals surface area (Å²) in [7, 11) is -3.76. The van der Waals surface area contributed by atoms with E-state index in [4.69, 9.17) is 5.14 Å². The average Bonchev–Trinajstić information content (AvgIpc) is 2.64.